The fourth-order valence-electron chi connectivity index (χ4n) is 9.88. The molecule has 0 saturated carbocycles. The van der Waals surface area contributed by atoms with Gasteiger partial charge in [0, 0.05) is 91.1 Å². The van der Waals surface area contributed by atoms with Gasteiger partial charge in [-0.25, -0.2) is 4.79 Å². The Morgan fingerprint density at radius 1 is 0.706 bits per heavy atom. The van der Waals surface area contributed by atoms with Gasteiger partial charge in [-0.1, -0.05) is 86.5 Å². The lowest BCUT2D eigenvalue weighted by molar-refractivity contribution is -0.147. The average molecular weight is 1260 g/mol. The van der Waals surface area contributed by atoms with Crippen molar-refractivity contribution in [3.05, 3.63) is 81.9 Å². The van der Waals surface area contributed by atoms with E-state index in [9.17, 15) is 38.4 Å². The third-order valence-corrected chi connectivity index (χ3v) is 15.4. The van der Waals surface area contributed by atoms with Crippen LogP contribution in [0.2, 0.25) is 0 Å². The number of ether oxygens (including phenoxy) is 7. The zero-order chi connectivity index (χ0) is 62.8. The van der Waals surface area contributed by atoms with E-state index in [-0.39, 0.29) is 89.6 Å². The largest absolute Gasteiger partial charge is 0.464 e. The Hall–Kier alpha value is -6.44. The molecule has 24 heteroatoms. The monoisotopic (exact) mass is 1250 g/mol. The number of esters is 1. The van der Waals surface area contributed by atoms with Crippen molar-refractivity contribution < 1.29 is 71.5 Å². The van der Waals surface area contributed by atoms with Crippen molar-refractivity contribution in [3.63, 3.8) is 0 Å². The van der Waals surface area contributed by atoms with Gasteiger partial charge in [0.25, 0.3) is 0 Å². The Balaban J connectivity index is 1.57. The van der Waals surface area contributed by atoms with Crippen LogP contribution in [0, 0.1) is 23.7 Å². The number of hydrogen-bond donors (Lipinski definition) is 3. The summed E-state index contributed by atoms with van der Waals surface area (Å²) in [6.45, 7) is 12.8. The molecule has 0 unspecified atom stereocenters. The standard InChI is InChI=1S/C61H91BrN8O15/c1-41(2)48(61(7,65-58(76)57(63)42(3)4)46-15-19-50-51(34-46)85-40-84-50)18-20-53(72)66(23-12-28-79-8)35-43(5)33-44(6)59(77)70(27-32-82-11)39-56(75)69(26-31-81-10)38-54(73)67(24-21-45-13-16-47(62)17-14-45)37-55(74)68(25-30-80-9)36-52(71)64-49-22-29-83-60(49)78/h13-20,33-34,41-42,44,48-49,57H,12,21-32,35-40,63H2,1-11H3,(H,64,71)(H,65,76)/b20-18+,43-33+/t44-,48-,49-,57-,61+/m0/s1. The van der Waals surface area contributed by atoms with Crippen LogP contribution >= 0.6 is 15.9 Å². The molecule has 5 atom stereocenters. The molecule has 0 aromatic heterocycles. The molecule has 0 spiro atoms. The van der Waals surface area contributed by atoms with Gasteiger partial charge in [0.1, 0.15) is 6.04 Å². The smallest absolute Gasteiger partial charge is 0.328 e. The van der Waals surface area contributed by atoms with E-state index >= 15 is 0 Å². The number of carbonyl (C=O) groups is 8. The van der Waals surface area contributed by atoms with Crippen LogP contribution in [0.15, 0.2) is 70.7 Å². The van der Waals surface area contributed by atoms with E-state index in [1.807, 2.05) is 84.0 Å². The van der Waals surface area contributed by atoms with Gasteiger partial charge in [0.15, 0.2) is 11.5 Å². The van der Waals surface area contributed by atoms with Crippen molar-refractivity contribution in [2.75, 3.05) is 134 Å². The number of fused-ring (bicyclic) bond motifs is 1. The number of amides is 7. The summed E-state index contributed by atoms with van der Waals surface area (Å²) in [5, 5.41) is 5.85. The Morgan fingerprint density at radius 3 is 1.84 bits per heavy atom. The summed E-state index contributed by atoms with van der Waals surface area (Å²) in [7, 11) is 5.96. The number of hydrogen-bond acceptors (Lipinski definition) is 16. The van der Waals surface area contributed by atoms with Crippen molar-refractivity contribution in [2.45, 2.75) is 85.4 Å². The lowest BCUT2D eigenvalue weighted by atomic mass is 9.73. The zero-order valence-electron chi connectivity index (χ0n) is 51.5. The minimum Gasteiger partial charge on any atom is -0.464 e. The van der Waals surface area contributed by atoms with Crippen molar-refractivity contribution >= 4 is 63.2 Å². The first kappa shape index (κ1) is 71.0. The van der Waals surface area contributed by atoms with Crippen molar-refractivity contribution in [3.8, 4) is 11.5 Å². The third kappa shape index (κ3) is 22.4. The minimum absolute atomic E-state index is 0.00718. The molecule has 2 aromatic carbocycles. The highest BCUT2D eigenvalue weighted by molar-refractivity contribution is 9.10. The molecule has 0 radical (unpaired) electrons. The molecule has 85 heavy (non-hydrogen) atoms. The van der Waals surface area contributed by atoms with Crippen LogP contribution in [0.4, 0.5) is 0 Å². The summed E-state index contributed by atoms with van der Waals surface area (Å²) in [5.41, 5.74) is 7.63. The number of nitrogens with two attached hydrogens (primary N) is 1. The summed E-state index contributed by atoms with van der Waals surface area (Å²) in [6, 6.07) is 11.4. The maximum absolute atomic E-state index is 14.5. The Bertz CT molecular complexity index is 2600. The molecule has 1 fully saturated rings. The van der Waals surface area contributed by atoms with Crippen LogP contribution in [0.3, 0.4) is 0 Å². The predicted molar refractivity (Wildman–Crippen MR) is 322 cm³/mol. The molecule has 0 bridgehead atoms. The first-order chi connectivity index (χ1) is 40.5. The van der Waals surface area contributed by atoms with E-state index in [2.05, 4.69) is 26.6 Å². The maximum atomic E-state index is 14.5. The SMILES string of the molecule is COCCCN(C/C(C)=C/[C@H](C)C(=O)N(CCOC)CC(=O)N(CCOC)CC(=O)N(CCc1ccc(Br)cc1)CC(=O)N(CCOC)CC(=O)N[C@H]1CCOC1=O)C(=O)/C=C/[C@@H](C(C)C)[C@](C)(NC(=O)[C@@H](N)C(C)C)c1ccc2c(c1)OCO2. The number of benzene rings is 2. The summed E-state index contributed by atoms with van der Waals surface area (Å²) >= 11 is 3.45. The molecule has 4 N–H and O–H groups in total. The van der Waals surface area contributed by atoms with Gasteiger partial charge in [-0.2, -0.15) is 0 Å². The highest BCUT2D eigenvalue weighted by Gasteiger charge is 2.41. The van der Waals surface area contributed by atoms with Gasteiger partial charge in [0.2, 0.25) is 48.1 Å². The molecule has 2 aliphatic heterocycles. The van der Waals surface area contributed by atoms with Crippen molar-refractivity contribution in [2.24, 2.45) is 29.4 Å². The van der Waals surface area contributed by atoms with E-state index in [0.717, 1.165) is 15.6 Å². The minimum atomic E-state index is -1.05. The van der Waals surface area contributed by atoms with Crippen LogP contribution in [-0.2, 0) is 74.0 Å². The number of rotatable bonds is 37. The summed E-state index contributed by atoms with van der Waals surface area (Å²) in [6.07, 6.45) is 6.26. The summed E-state index contributed by atoms with van der Waals surface area (Å²) < 4.78 is 38.5. The quantitative estimate of drug-likeness (QED) is 0.0377. The normalized spacial score (nSPS) is 15.7. The van der Waals surface area contributed by atoms with E-state index in [1.165, 1.54) is 47.0 Å². The molecule has 2 aromatic rings. The second-order valence-electron chi connectivity index (χ2n) is 22.2. The topological polar surface area (TPSA) is 267 Å². The molecule has 1 saturated heterocycles. The Kier molecular flexibility index (Phi) is 30.0. The molecular formula is C61H91BrN8O15. The maximum Gasteiger partial charge on any atom is 0.328 e. The predicted octanol–water partition coefficient (Wildman–Crippen LogP) is 3.70. The number of nitrogens with one attached hydrogen (secondary N) is 2. The first-order valence-corrected chi connectivity index (χ1v) is 29.7. The highest BCUT2D eigenvalue weighted by Crippen LogP contribution is 2.41. The molecule has 7 amide bonds. The Labute approximate surface area is 509 Å². The molecule has 472 valence electrons. The first-order valence-electron chi connectivity index (χ1n) is 28.9. The van der Waals surface area contributed by atoms with Crippen LogP contribution < -0.4 is 25.8 Å². The lowest BCUT2D eigenvalue weighted by Crippen LogP contribution is -2.55. The fraction of sp³-hybridized carbons (Fsp3) is 0.607. The van der Waals surface area contributed by atoms with Gasteiger partial charge in [0.05, 0.1) is 70.1 Å². The van der Waals surface area contributed by atoms with E-state index in [4.69, 9.17) is 38.9 Å². The molecule has 2 heterocycles. The average Bonchev–Trinajstić information content (AvgIpc) is 2.52. The fourth-order valence-corrected chi connectivity index (χ4v) is 10.1. The molecule has 23 nitrogen and oxygen atoms in total. The second-order valence-corrected chi connectivity index (χ2v) is 23.1. The van der Waals surface area contributed by atoms with Crippen molar-refractivity contribution in [1.82, 2.24) is 35.1 Å². The van der Waals surface area contributed by atoms with Gasteiger partial charge in [-0.05, 0) is 80.0 Å². The lowest BCUT2D eigenvalue weighted by Gasteiger charge is -2.41. The molecular weight excluding hydrogens is 1160 g/mol. The van der Waals surface area contributed by atoms with Gasteiger partial charge in [-0.15, -0.1) is 0 Å². The van der Waals surface area contributed by atoms with E-state index in [0.29, 0.717) is 49.5 Å². The molecule has 2 aliphatic rings. The van der Waals surface area contributed by atoms with E-state index in [1.54, 1.807) is 31.1 Å². The summed E-state index contributed by atoms with van der Waals surface area (Å²) in [4.78, 5) is 118. The van der Waals surface area contributed by atoms with Crippen LogP contribution in [0.1, 0.15) is 72.4 Å². The number of methoxy groups -OCH3 is 4. The third-order valence-electron chi connectivity index (χ3n) is 14.9. The van der Waals surface area contributed by atoms with Crippen LogP contribution in [0.5, 0.6) is 11.5 Å². The number of cyclic esters (lactones) is 1. The van der Waals surface area contributed by atoms with Gasteiger partial charge >= 0.3 is 5.97 Å². The summed E-state index contributed by atoms with van der Waals surface area (Å²) in [5.74, 6) is -4.23. The van der Waals surface area contributed by atoms with Crippen LogP contribution in [-0.4, -0.2) is 218 Å². The number of nitrogens with zero attached hydrogens (tertiary/aromatic N) is 5. The second kappa shape index (κ2) is 35.9. The van der Waals surface area contributed by atoms with Gasteiger partial charge in [-0.3, -0.25) is 33.6 Å². The highest BCUT2D eigenvalue weighted by atomic mass is 79.9. The van der Waals surface area contributed by atoms with Crippen LogP contribution in [0.25, 0.3) is 0 Å². The van der Waals surface area contributed by atoms with E-state index < -0.39 is 91.1 Å². The Morgan fingerprint density at radius 2 is 1.27 bits per heavy atom. The number of halogens is 1. The number of carbonyl (C=O) groups excluding carboxylic acids is 8. The van der Waals surface area contributed by atoms with Crippen molar-refractivity contribution in [1.29, 1.82) is 0 Å². The molecule has 0 aliphatic carbocycles. The zero-order valence-corrected chi connectivity index (χ0v) is 53.1. The molecule has 4 rings (SSSR count). The van der Waals surface area contributed by atoms with Gasteiger partial charge < -0.3 is 74.0 Å².